The quantitative estimate of drug-likeness (QED) is 0.772. The molecule has 88 valence electrons. The van der Waals surface area contributed by atoms with E-state index in [1.807, 2.05) is 0 Å². The largest absolute Gasteiger partial charge is 0.489 e. The minimum absolute atomic E-state index is 0.0976. The standard InChI is InChI=1S/C10H11Cl2NO3/c11-7-2-1-3-8(12)10(7)16-5-4-13-6-9(14)15/h1-3,13H,4-6H2,(H,14,15). The summed E-state index contributed by atoms with van der Waals surface area (Å²) in [4.78, 5) is 10.2. The lowest BCUT2D eigenvalue weighted by Crippen LogP contribution is -2.27. The normalized spacial score (nSPS) is 10.1. The second kappa shape index (κ2) is 6.58. The van der Waals surface area contributed by atoms with Crippen LogP contribution in [0.15, 0.2) is 18.2 Å². The number of hydrogen-bond donors (Lipinski definition) is 2. The first-order valence-corrected chi connectivity index (χ1v) is 5.36. The molecule has 0 radical (unpaired) electrons. The van der Waals surface area contributed by atoms with Crippen LogP contribution < -0.4 is 10.1 Å². The van der Waals surface area contributed by atoms with Gasteiger partial charge in [0.05, 0.1) is 16.6 Å². The predicted molar refractivity (Wildman–Crippen MR) is 62.5 cm³/mol. The van der Waals surface area contributed by atoms with Crippen LogP contribution in [-0.2, 0) is 4.79 Å². The Labute approximate surface area is 103 Å². The average molecular weight is 264 g/mol. The lowest BCUT2D eigenvalue weighted by Gasteiger charge is -2.09. The van der Waals surface area contributed by atoms with Gasteiger partial charge >= 0.3 is 5.97 Å². The molecule has 0 aliphatic heterocycles. The molecule has 1 aromatic rings. The molecule has 0 heterocycles. The van der Waals surface area contributed by atoms with Crippen LogP contribution >= 0.6 is 23.2 Å². The van der Waals surface area contributed by atoms with E-state index in [1.54, 1.807) is 18.2 Å². The maximum Gasteiger partial charge on any atom is 0.317 e. The fraction of sp³-hybridized carbons (Fsp3) is 0.300. The van der Waals surface area contributed by atoms with Gasteiger partial charge in [0.25, 0.3) is 0 Å². The third-order valence-corrected chi connectivity index (χ3v) is 2.32. The zero-order chi connectivity index (χ0) is 12.0. The van der Waals surface area contributed by atoms with Gasteiger partial charge in [-0.2, -0.15) is 0 Å². The molecule has 1 rings (SSSR count). The van der Waals surface area contributed by atoms with E-state index >= 15 is 0 Å². The Morgan fingerprint density at radius 3 is 2.56 bits per heavy atom. The maximum absolute atomic E-state index is 10.2. The molecule has 0 atom stereocenters. The third kappa shape index (κ3) is 4.26. The van der Waals surface area contributed by atoms with Gasteiger partial charge in [-0.25, -0.2) is 0 Å². The number of para-hydroxylation sites is 1. The minimum atomic E-state index is -0.907. The van der Waals surface area contributed by atoms with Crippen LogP contribution in [-0.4, -0.2) is 30.8 Å². The molecule has 0 fully saturated rings. The summed E-state index contributed by atoms with van der Waals surface area (Å²) < 4.78 is 5.33. The highest BCUT2D eigenvalue weighted by atomic mass is 35.5. The van der Waals surface area contributed by atoms with Crippen molar-refractivity contribution in [2.24, 2.45) is 0 Å². The monoisotopic (exact) mass is 263 g/mol. The van der Waals surface area contributed by atoms with Crippen LogP contribution in [0.5, 0.6) is 5.75 Å². The molecule has 0 aliphatic carbocycles. The van der Waals surface area contributed by atoms with Crippen LogP contribution in [0.4, 0.5) is 0 Å². The number of carboxylic acids is 1. The first-order valence-electron chi connectivity index (χ1n) is 4.60. The number of halogens is 2. The zero-order valence-corrected chi connectivity index (χ0v) is 9.88. The Morgan fingerprint density at radius 2 is 2.00 bits per heavy atom. The summed E-state index contributed by atoms with van der Waals surface area (Å²) in [5.74, 6) is -0.487. The van der Waals surface area contributed by atoms with Gasteiger partial charge in [0.15, 0.2) is 5.75 Å². The van der Waals surface area contributed by atoms with Gasteiger partial charge in [-0.1, -0.05) is 29.3 Å². The van der Waals surface area contributed by atoms with Crippen molar-refractivity contribution < 1.29 is 14.6 Å². The molecule has 0 unspecified atom stereocenters. The van der Waals surface area contributed by atoms with Crippen LogP contribution in [0.1, 0.15) is 0 Å². The number of hydrogen-bond acceptors (Lipinski definition) is 3. The highest BCUT2D eigenvalue weighted by Gasteiger charge is 2.05. The Morgan fingerprint density at radius 1 is 1.38 bits per heavy atom. The molecule has 0 saturated carbocycles. The molecule has 0 bridgehead atoms. The molecule has 4 nitrogen and oxygen atoms in total. The van der Waals surface area contributed by atoms with E-state index < -0.39 is 5.97 Å². The molecule has 0 aliphatic rings. The van der Waals surface area contributed by atoms with Gasteiger partial charge in [-0.15, -0.1) is 0 Å². The number of ether oxygens (including phenoxy) is 1. The van der Waals surface area contributed by atoms with E-state index in [9.17, 15) is 4.79 Å². The summed E-state index contributed by atoms with van der Waals surface area (Å²) in [6.07, 6.45) is 0. The summed E-state index contributed by atoms with van der Waals surface area (Å²) in [6.45, 7) is 0.615. The van der Waals surface area contributed by atoms with Crippen LogP contribution in [0, 0.1) is 0 Å². The highest BCUT2D eigenvalue weighted by molar-refractivity contribution is 6.37. The minimum Gasteiger partial charge on any atom is -0.489 e. The number of rotatable bonds is 6. The van der Waals surface area contributed by atoms with Crippen molar-refractivity contribution in [2.75, 3.05) is 19.7 Å². The van der Waals surface area contributed by atoms with Crippen LogP contribution in [0.25, 0.3) is 0 Å². The maximum atomic E-state index is 10.2. The van der Waals surface area contributed by atoms with Crippen molar-refractivity contribution in [2.45, 2.75) is 0 Å². The van der Waals surface area contributed by atoms with E-state index in [1.165, 1.54) is 0 Å². The fourth-order valence-corrected chi connectivity index (χ4v) is 1.55. The summed E-state index contributed by atoms with van der Waals surface area (Å²) in [6, 6.07) is 5.07. The van der Waals surface area contributed by atoms with Crippen molar-refractivity contribution in [3.05, 3.63) is 28.2 Å². The third-order valence-electron chi connectivity index (χ3n) is 1.72. The predicted octanol–water partition coefficient (Wildman–Crippen LogP) is 2.05. The number of aliphatic carboxylic acids is 1. The van der Waals surface area contributed by atoms with E-state index in [4.69, 9.17) is 33.0 Å². The summed E-state index contributed by atoms with van der Waals surface area (Å²) >= 11 is 11.7. The van der Waals surface area contributed by atoms with Crippen molar-refractivity contribution in [1.82, 2.24) is 5.32 Å². The van der Waals surface area contributed by atoms with Gasteiger partial charge in [-0.3, -0.25) is 4.79 Å². The number of nitrogens with one attached hydrogen (secondary N) is 1. The van der Waals surface area contributed by atoms with Gasteiger partial charge in [-0.05, 0) is 12.1 Å². The molecule has 0 amide bonds. The van der Waals surface area contributed by atoms with Gasteiger partial charge in [0.2, 0.25) is 0 Å². The van der Waals surface area contributed by atoms with E-state index in [-0.39, 0.29) is 6.54 Å². The summed E-state index contributed by atoms with van der Waals surface area (Å²) in [5, 5.41) is 11.9. The Hall–Kier alpha value is -0.970. The van der Waals surface area contributed by atoms with Crippen LogP contribution in [0.2, 0.25) is 10.0 Å². The summed E-state index contributed by atoms with van der Waals surface area (Å²) in [7, 11) is 0. The topological polar surface area (TPSA) is 58.6 Å². The van der Waals surface area contributed by atoms with Gasteiger partial charge in [0.1, 0.15) is 6.61 Å². The number of benzene rings is 1. The first-order chi connectivity index (χ1) is 7.61. The highest BCUT2D eigenvalue weighted by Crippen LogP contribution is 2.31. The van der Waals surface area contributed by atoms with Crippen molar-refractivity contribution >= 4 is 29.2 Å². The molecular weight excluding hydrogens is 253 g/mol. The average Bonchev–Trinajstić information content (AvgIpc) is 2.21. The summed E-state index contributed by atoms with van der Waals surface area (Å²) in [5.41, 5.74) is 0. The molecule has 16 heavy (non-hydrogen) atoms. The van der Waals surface area contributed by atoms with Crippen LogP contribution in [0.3, 0.4) is 0 Å². The first kappa shape index (κ1) is 13.1. The molecule has 1 aromatic carbocycles. The Balaban J connectivity index is 2.34. The SMILES string of the molecule is O=C(O)CNCCOc1c(Cl)cccc1Cl. The van der Waals surface area contributed by atoms with Crippen molar-refractivity contribution in [3.8, 4) is 5.75 Å². The smallest absolute Gasteiger partial charge is 0.317 e. The molecule has 0 saturated heterocycles. The second-order valence-electron chi connectivity index (χ2n) is 2.97. The number of carboxylic acid groups (broad SMARTS) is 1. The molecule has 0 aromatic heterocycles. The van der Waals surface area contributed by atoms with E-state index in [0.717, 1.165) is 0 Å². The molecule has 0 spiro atoms. The Bertz CT molecular complexity index is 351. The molecule has 6 heteroatoms. The molecule has 2 N–H and O–H groups in total. The van der Waals surface area contributed by atoms with Gasteiger partial charge in [0, 0.05) is 6.54 Å². The molecular formula is C10H11Cl2NO3. The zero-order valence-electron chi connectivity index (χ0n) is 8.37. The van der Waals surface area contributed by atoms with Crippen molar-refractivity contribution in [1.29, 1.82) is 0 Å². The number of carbonyl (C=O) groups is 1. The van der Waals surface area contributed by atoms with Crippen molar-refractivity contribution in [3.63, 3.8) is 0 Å². The van der Waals surface area contributed by atoms with Gasteiger partial charge < -0.3 is 15.2 Å². The lowest BCUT2D eigenvalue weighted by atomic mass is 10.3. The van der Waals surface area contributed by atoms with E-state index in [2.05, 4.69) is 5.32 Å². The second-order valence-corrected chi connectivity index (χ2v) is 3.78. The lowest BCUT2D eigenvalue weighted by molar-refractivity contribution is -0.135. The van der Waals surface area contributed by atoms with E-state index in [0.29, 0.717) is 28.9 Å². The Kier molecular flexibility index (Phi) is 5.38. The fourth-order valence-electron chi connectivity index (χ4n) is 1.04.